The zero-order valence-electron chi connectivity index (χ0n) is 8.35. The number of hydrogen-bond donors (Lipinski definition) is 2. The third-order valence-electron chi connectivity index (χ3n) is 1.85. The molecule has 0 spiro atoms. The van der Waals surface area contributed by atoms with E-state index < -0.39 is 0 Å². The Kier molecular flexibility index (Phi) is 3.88. The molecule has 5 heteroatoms. The van der Waals surface area contributed by atoms with Gasteiger partial charge in [0.15, 0.2) is 0 Å². The fraction of sp³-hybridized carbons (Fsp3) is 0.556. The minimum Gasteiger partial charge on any atom is -0.351 e. The van der Waals surface area contributed by atoms with Gasteiger partial charge >= 0.3 is 4.87 Å². The highest BCUT2D eigenvalue weighted by atomic mass is 32.1. The molecule has 0 saturated carbocycles. The first kappa shape index (κ1) is 11.0. The molecule has 0 aromatic carbocycles. The Hall–Kier alpha value is -1.10. The van der Waals surface area contributed by atoms with Crippen LogP contribution >= 0.6 is 11.3 Å². The van der Waals surface area contributed by atoms with Gasteiger partial charge in [-0.1, -0.05) is 24.7 Å². The second-order valence-corrected chi connectivity index (χ2v) is 4.06. The van der Waals surface area contributed by atoms with Crippen LogP contribution in [0.3, 0.4) is 0 Å². The molecular weight excluding hydrogens is 200 g/mol. The Morgan fingerprint density at radius 3 is 2.79 bits per heavy atom. The van der Waals surface area contributed by atoms with E-state index in [0.29, 0.717) is 17.1 Å². The number of carbonyl (C=O) groups excluding carboxylic acids is 1. The maximum absolute atomic E-state index is 11.5. The van der Waals surface area contributed by atoms with Gasteiger partial charge in [0, 0.05) is 12.2 Å². The Labute approximate surface area is 86.4 Å². The van der Waals surface area contributed by atoms with E-state index >= 15 is 0 Å². The predicted octanol–water partition coefficient (Wildman–Crippen LogP) is 1.27. The molecule has 1 rings (SSSR count). The lowest BCUT2D eigenvalue weighted by atomic mass is 10.3. The van der Waals surface area contributed by atoms with E-state index in [1.807, 2.05) is 0 Å². The van der Waals surface area contributed by atoms with Crippen LogP contribution in [0.4, 0.5) is 0 Å². The second kappa shape index (κ2) is 4.95. The topological polar surface area (TPSA) is 62.0 Å². The Morgan fingerprint density at radius 1 is 1.57 bits per heavy atom. The van der Waals surface area contributed by atoms with Crippen molar-refractivity contribution in [1.82, 2.24) is 10.3 Å². The first-order chi connectivity index (χ1) is 6.65. The number of H-pyrrole nitrogens is 1. The number of unbranched alkanes of at least 4 members (excludes halogenated alkanes) is 1. The summed E-state index contributed by atoms with van der Waals surface area (Å²) in [7, 11) is 0. The SMILES string of the molecule is CCCCNC(=O)c1sc(=O)[nH]c1C. The normalized spacial score (nSPS) is 10.1. The molecule has 1 heterocycles. The summed E-state index contributed by atoms with van der Waals surface area (Å²) in [6, 6.07) is 0. The minimum atomic E-state index is -0.178. The smallest absolute Gasteiger partial charge is 0.305 e. The van der Waals surface area contributed by atoms with Crippen molar-refractivity contribution in [3.63, 3.8) is 0 Å². The van der Waals surface area contributed by atoms with E-state index in [0.717, 1.165) is 24.2 Å². The van der Waals surface area contributed by atoms with Gasteiger partial charge in [-0.25, -0.2) is 0 Å². The van der Waals surface area contributed by atoms with Crippen LogP contribution in [0.2, 0.25) is 0 Å². The second-order valence-electron chi connectivity index (χ2n) is 3.08. The fourth-order valence-electron chi connectivity index (χ4n) is 1.08. The Balaban J connectivity index is 2.60. The molecule has 0 radical (unpaired) electrons. The molecule has 0 aliphatic heterocycles. The average Bonchev–Trinajstić information content (AvgIpc) is 2.45. The molecule has 78 valence electrons. The first-order valence-electron chi connectivity index (χ1n) is 4.63. The van der Waals surface area contributed by atoms with Crippen molar-refractivity contribution >= 4 is 17.2 Å². The number of carbonyl (C=O) groups is 1. The van der Waals surface area contributed by atoms with Crippen molar-refractivity contribution in [3.8, 4) is 0 Å². The molecule has 0 bridgehead atoms. The van der Waals surface area contributed by atoms with Crippen molar-refractivity contribution in [2.24, 2.45) is 0 Å². The molecular formula is C9H14N2O2S. The zero-order valence-corrected chi connectivity index (χ0v) is 9.16. The van der Waals surface area contributed by atoms with Crippen LogP contribution in [0.25, 0.3) is 0 Å². The summed E-state index contributed by atoms with van der Waals surface area (Å²) in [5.74, 6) is -0.153. The molecule has 14 heavy (non-hydrogen) atoms. The van der Waals surface area contributed by atoms with Gasteiger partial charge in [0.25, 0.3) is 5.91 Å². The fourth-order valence-corrected chi connectivity index (χ4v) is 1.84. The lowest BCUT2D eigenvalue weighted by Crippen LogP contribution is -2.24. The highest BCUT2D eigenvalue weighted by Crippen LogP contribution is 2.07. The highest BCUT2D eigenvalue weighted by Gasteiger charge is 2.11. The number of aromatic amines is 1. The maximum Gasteiger partial charge on any atom is 0.305 e. The summed E-state index contributed by atoms with van der Waals surface area (Å²) in [6.45, 7) is 4.46. The molecule has 0 unspecified atom stereocenters. The van der Waals surface area contributed by atoms with Crippen LogP contribution in [-0.4, -0.2) is 17.4 Å². The third kappa shape index (κ3) is 2.70. The Bertz CT molecular complexity index is 367. The average molecular weight is 214 g/mol. The van der Waals surface area contributed by atoms with Crippen LogP contribution in [0, 0.1) is 6.92 Å². The van der Waals surface area contributed by atoms with Gasteiger partial charge in [-0.15, -0.1) is 0 Å². The molecule has 1 aromatic heterocycles. The molecule has 0 aliphatic carbocycles. The first-order valence-corrected chi connectivity index (χ1v) is 5.44. The number of aromatic nitrogens is 1. The number of hydrogen-bond acceptors (Lipinski definition) is 3. The van der Waals surface area contributed by atoms with Crippen molar-refractivity contribution in [1.29, 1.82) is 0 Å². The molecule has 0 atom stereocenters. The summed E-state index contributed by atoms with van der Waals surface area (Å²) in [5, 5.41) is 2.77. The minimum absolute atomic E-state index is 0.153. The predicted molar refractivity (Wildman–Crippen MR) is 56.9 cm³/mol. The van der Waals surface area contributed by atoms with Crippen molar-refractivity contribution in [2.45, 2.75) is 26.7 Å². The summed E-state index contributed by atoms with van der Waals surface area (Å²) >= 11 is 0.957. The van der Waals surface area contributed by atoms with E-state index in [4.69, 9.17) is 0 Å². The van der Waals surface area contributed by atoms with Crippen molar-refractivity contribution in [2.75, 3.05) is 6.54 Å². The summed E-state index contributed by atoms with van der Waals surface area (Å²) in [5.41, 5.74) is 0.647. The zero-order chi connectivity index (χ0) is 10.6. The molecule has 1 aromatic rings. The van der Waals surface area contributed by atoms with Gasteiger partial charge < -0.3 is 10.3 Å². The number of amides is 1. The number of rotatable bonds is 4. The summed E-state index contributed by atoms with van der Waals surface area (Å²) in [6.07, 6.45) is 2.01. The largest absolute Gasteiger partial charge is 0.351 e. The van der Waals surface area contributed by atoms with E-state index in [2.05, 4.69) is 17.2 Å². The van der Waals surface area contributed by atoms with E-state index in [9.17, 15) is 9.59 Å². The van der Waals surface area contributed by atoms with Gasteiger partial charge in [-0.05, 0) is 13.3 Å². The van der Waals surface area contributed by atoms with Gasteiger partial charge in [-0.3, -0.25) is 9.59 Å². The monoisotopic (exact) mass is 214 g/mol. The van der Waals surface area contributed by atoms with E-state index in [1.165, 1.54) is 0 Å². The summed E-state index contributed by atoms with van der Waals surface area (Å²) in [4.78, 5) is 25.3. The van der Waals surface area contributed by atoms with E-state index in [-0.39, 0.29) is 10.8 Å². The molecule has 1 amide bonds. The van der Waals surface area contributed by atoms with E-state index in [1.54, 1.807) is 6.92 Å². The summed E-state index contributed by atoms with van der Waals surface area (Å²) < 4.78 is 0. The standard InChI is InChI=1S/C9H14N2O2S/c1-3-4-5-10-8(12)7-6(2)11-9(13)14-7/h3-5H2,1-2H3,(H,10,12)(H,11,13). The van der Waals surface area contributed by atoms with Gasteiger partial charge in [0.05, 0.1) is 0 Å². The van der Waals surface area contributed by atoms with Crippen molar-refractivity contribution < 1.29 is 4.79 Å². The van der Waals surface area contributed by atoms with Gasteiger partial charge in [-0.2, -0.15) is 0 Å². The Morgan fingerprint density at radius 2 is 2.29 bits per heavy atom. The third-order valence-corrected chi connectivity index (χ3v) is 2.83. The highest BCUT2D eigenvalue weighted by molar-refractivity contribution is 7.11. The number of aryl methyl sites for hydroxylation is 1. The van der Waals surface area contributed by atoms with Gasteiger partial charge in [0.1, 0.15) is 4.88 Å². The maximum atomic E-state index is 11.5. The van der Waals surface area contributed by atoms with Crippen molar-refractivity contribution in [3.05, 3.63) is 20.2 Å². The lowest BCUT2D eigenvalue weighted by molar-refractivity contribution is 0.0956. The molecule has 0 fully saturated rings. The van der Waals surface area contributed by atoms with Crippen LogP contribution in [0.1, 0.15) is 35.1 Å². The molecule has 0 aliphatic rings. The molecule has 4 nitrogen and oxygen atoms in total. The number of nitrogens with one attached hydrogen (secondary N) is 2. The van der Waals surface area contributed by atoms with Crippen LogP contribution in [0.5, 0.6) is 0 Å². The van der Waals surface area contributed by atoms with Crippen LogP contribution in [0.15, 0.2) is 4.79 Å². The number of thiazole rings is 1. The molecule has 2 N–H and O–H groups in total. The lowest BCUT2D eigenvalue weighted by Gasteiger charge is -2.01. The quantitative estimate of drug-likeness (QED) is 0.741. The van der Waals surface area contributed by atoms with Gasteiger partial charge in [0.2, 0.25) is 0 Å². The van der Waals surface area contributed by atoms with Crippen LogP contribution < -0.4 is 10.2 Å². The van der Waals surface area contributed by atoms with Crippen LogP contribution in [-0.2, 0) is 0 Å². The molecule has 0 saturated heterocycles.